The lowest BCUT2D eigenvalue weighted by atomic mass is 9.87. The fourth-order valence-corrected chi connectivity index (χ4v) is 9.20. The Hall–Kier alpha value is -5.58. The summed E-state index contributed by atoms with van der Waals surface area (Å²) in [5.74, 6) is 0.690. The van der Waals surface area contributed by atoms with E-state index in [4.69, 9.17) is 9.97 Å². The molecule has 9 aromatic rings. The van der Waals surface area contributed by atoms with Crippen molar-refractivity contribution in [2.75, 3.05) is 0 Å². The van der Waals surface area contributed by atoms with Crippen LogP contribution in [0, 0.1) is 0 Å². The molecule has 222 valence electrons. The van der Waals surface area contributed by atoms with E-state index in [2.05, 4.69) is 158 Å². The van der Waals surface area contributed by atoms with E-state index in [0.29, 0.717) is 5.95 Å². The number of para-hydroxylation sites is 1. The van der Waals surface area contributed by atoms with Crippen LogP contribution in [0.3, 0.4) is 0 Å². The SMILES string of the molecule is CC1(C)c2ccccc2-c2c1sc1c2ccc2c3cc(-c4ccccc4)ccc3n(-c3nc(-c4ccccc4)c4ccccc4n3)c21. The predicted octanol–water partition coefficient (Wildman–Crippen LogP) is 11.6. The lowest BCUT2D eigenvalue weighted by Gasteiger charge is -2.19. The van der Waals surface area contributed by atoms with Crippen LogP contribution in [0.5, 0.6) is 0 Å². The van der Waals surface area contributed by atoms with Crippen molar-refractivity contribution >= 4 is 54.1 Å². The molecule has 3 nitrogen and oxygen atoms in total. The van der Waals surface area contributed by atoms with E-state index in [-0.39, 0.29) is 5.41 Å². The predicted molar refractivity (Wildman–Crippen MR) is 198 cm³/mol. The summed E-state index contributed by atoms with van der Waals surface area (Å²) < 4.78 is 3.61. The summed E-state index contributed by atoms with van der Waals surface area (Å²) in [4.78, 5) is 12.1. The van der Waals surface area contributed by atoms with Gasteiger partial charge < -0.3 is 0 Å². The van der Waals surface area contributed by atoms with Crippen molar-refractivity contribution in [2.45, 2.75) is 19.3 Å². The molecule has 1 aliphatic carbocycles. The van der Waals surface area contributed by atoms with E-state index >= 15 is 0 Å². The first-order valence-corrected chi connectivity index (χ1v) is 16.9. The van der Waals surface area contributed by atoms with Crippen LogP contribution in [0.15, 0.2) is 140 Å². The number of hydrogen-bond acceptors (Lipinski definition) is 3. The minimum absolute atomic E-state index is 0.0702. The normalized spacial score (nSPS) is 13.5. The van der Waals surface area contributed by atoms with Gasteiger partial charge in [0.25, 0.3) is 0 Å². The summed E-state index contributed by atoms with van der Waals surface area (Å²) in [6, 6.07) is 49.9. The Bertz CT molecular complexity index is 2700. The zero-order chi connectivity index (χ0) is 31.3. The summed E-state index contributed by atoms with van der Waals surface area (Å²) in [6.07, 6.45) is 0. The molecule has 0 bridgehead atoms. The van der Waals surface area contributed by atoms with Crippen molar-refractivity contribution in [3.05, 3.63) is 150 Å². The molecule has 0 amide bonds. The van der Waals surface area contributed by atoms with E-state index in [0.717, 1.165) is 27.7 Å². The number of fused-ring (bicyclic) bond motifs is 10. The topological polar surface area (TPSA) is 30.7 Å². The van der Waals surface area contributed by atoms with Crippen molar-refractivity contribution in [3.8, 4) is 39.5 Å². The molecule has 6 aromatic carbocycles. The molecule has 10 rings (SSSR count). The van der Waals surface area contributed by atoms with Crippen LogP contribution in [0.2, 0.25) is 0 Å². The van der Waals surface area contributed by atoms with Gasteiger partial charge in [-0.1, -0.05) is 135 Å². The Kier molecular flexibility index (Phi) is 5.50. The number of benzene rings is 6. The van der Waals surface area contributed by atoms with E-state index < -0.39 is 0 Å². The molecule has 3 heterocycles. The van der Waals surface area contributed by atoms with Crippen LogP contribution >= 0.6 is 11.3 Å². The Morgan fingerprint density at radius 3 is 2.11 bits per heavy atom. The second kappa shape index (κ2) is 9.71. The molecule has 3 aromatic heterocycles. The Morgan fingerprint density at radius 2 is 1.28 bits per heavy atom. The zero-order valence-electron chi connectivity index (χ0n) is 26.0. The van der Waals surface area contributed by atoms with Gasteiger partial charge in [-0.05, 0) is 40.5 Å². The third-order valence-electron chi connectivity index (χ3n) is 9.97. The fourth-order valence-electron chi connectivity index (χ4n) is 7.73. The largest absolute Gasteiger partial charge is 0.276 e. The molecule has 0 radical (unpaired) electrons. The summed E-state index contributed by atoms with van der Waals surface area (Å²) in [5.41, 5.74) is 11.7. The molecule has 0 saturated carbocycles. The fraction of sp³-hybridized carbons (Fsp3) is 0.0698. The van der Waals surface area contributed by atoms with Gasteiger partial charge in [0.15, 0.2) is 0 Å². The Balaban J connectivity index is 1.35. The van der Waals surface area contributed by atoms with Gasteiger partial charge in [0, 0.05) is 43.0 Å². The maximum atomic E-state index is 5.39. The van der Waals surface area contributed by atoms with E-state index in [1.807, 2.05) is 11.3 Å². The molecular weight excluding hydrogens is 591 g/mol. The van der Waals surface area contributed by atoms with Crippen molar-refractivity contribution in [3.63, 3.8) is 0 Å². The molecule has 0 N–H and O–H groups in total. The Morgan fingerprint density at radius 1 is 0.574 bits per heavy atom. The average Bonchev–Trinajstić information content (AvgIpc) is 3.75. The van der Waals surface area contributed by atoms with E-state index in [9.17, 15) is 0 Å². The minimum Gasteiger partial charge on any atom is -0.276 e. The highest BCUT2D eigenvalue weighted by Crippen LogP contribution is 2.56. The molecule has 0 aliphatic heterocycles. The highest BCUT2D eigenvalue weighted by molar-refractivity contribution is 7.21. The van der Waals surface area contributed by atoms with Gasteiger partial charge in [0.2, 0.25) is 5.95 Å². The van der Waals surface area contributed by atoms with Gasteiger partial charge in [0.05, 0.1) is 26.9 Å². The third kappa shape index (κ3) is 3.73. The van der Waals surface area contributed by atoms with Crippen LogP contribution in [-0.4, -0.2) is 14.5 Å². The van der Waals surface area contributed by atoms with Crippen molar-refractivity contribution < 1.29 is 0 Å². The van der Waals surface area contributed by atoms with Crippen LogP contribution in [-0.2, 0) is 5.41 Å². The number of nitrogens with zero attached hydrogens (tertiary/aromatic N) is 3. The van der Waals surface area contributed by atoms with Gasteiger partial charge in [-0.15, -0.1) is 11.3 Å². The minimum atomic E-state index is -0.0702. The monoisotopic (exact) mass is 619 g/mol. The lowest BCUT2D eigenvalue weighted by Crippen LogP contribution is -2.13. The van der Waals surface area contributed by atoms with Crippen molar-refractivity contribution in [1.29, 1.82) is 0 Å². The van der Waals surface area contributed by atoms with Gasteiger partial charge in [-0.3, -0.25) is 4.57 Å². The molecule has 0 unspecified atom stereocenters. The van der Waals surface area contributed by atoms with Gasteiger partial charge in [-0.2, -0.15) is 0 Å². The second-order valence-electron chi connectivity index (χ2n) is 13.0. The smallest absolute Gasteiger partial charge is 0.235 e. The number of rotatable bonds is 3. The quantitative estimate of drug-likeness (QED) is 0.197. The van der Waals surface area contributed by atoms with E-state index in [1.54, 1.807) is 0 Å². The van der Waals surface area contributed by atoms with Crippen LogP contribution in [0.25, 0.3) is 82.3 Å². The molecular formula is C43H29N3S. The molecule has 0 spiro atoms. The molecule has 1 aliphatic rings. The average molecular weight is 620 g/mol. The summed E-state index contributed by atoms with van der Waals surface area (Å²) in [6.45, 7) is 4.73. The summed E-state index contributed by atoms with van der Waals surface area (Å²) >= 11 is 1.93. The number of thiophene rings is 1. The second-order valence-corrected chi connectivity index (χ2v) is 14.0. The molecule has 0 saturated heterocycles. The molecule has 0 atom stereocenters. The van der Waals surface area contributed by atoms with Crippen LogP contribution in [0.4, 0.5) is 0 Å². The maximum Gasteiger partial charge on any atom is 0.235 e. The first-order valence-electron chi connectivity index (χ1n) is 16.1. The summed E-state index contributed by atoms with van der Waals surface area (Å²) in [7, 11) is 0. The summed E-state index contributed by atoms with van der Waals surface area (Å²) in [5, 5.41) is 4.77. The highest BCUT2D eigenvalue weighted by atomic mass is 32.1. The highest BCUT2D eigenvalue weighted by Gasteiger charge is 2.39. The first-order chi connectivity index (χ1) is 23.1. The third-order valence-corrected chi connectivity index (χ3v) is 11.5. The molecule has 47 heavy (non-hydrogen) atoms. The maximum absolute atomic E-state index is 5.39. The molecule has 0 fully saturated rings. The lowest BCUT2D eigenvalue weighted by molar-refractivity contribution is 0.674. The van der Waals surface area contributed by atoms with Crippen LogP contribution < -0.4 is 0 Å². The van der Waals surface area contributed by atoms with Gasteiger partial charge in [0.1, 0.15) is 0 Å². The first kappa shape index (κ1) is 26.6. The standard InChI is InChI=1S/C43H29N3S/c1-43(2)34-19-11-9-17-30(34)37-32-23-22-29-33-25-28(26-13-5-3-6-14-26)21-24-36(33)46(39(29)40(32)47-41(37)43)42-44-35-20-12-10-18-31(35)38(45-42)27-15-7-4-8-16-27/h3-25H,1-2H3. The number of aromatic nitrogens is 3. The van der Waals surface area contributed by atoms with Crippen molar-refractivity contribution in [2.24, 2.45) is 0 Å². The number of hydrogen-bond donors (Lipinski definition) is 0. The van der Waals surface area contributed by atoms with Gasteiger partial charge in [-0.25, -0.2) is 9.97 Å². The van der Waals surface area contributed by atoms with Gasteiger partial charge >= 0.3 is 0 Å². The van der Waals surface area contributed by atoms with E-state index in [1.165, 1.54) is 59.1 Å². The molecule has 4 heteroatoms. The van der Waals surface area contributed by atoms with Crippen LogP contribution in [0.1, 0.15) is 24.3 Å². The zero-order valence-corrected chi connectivity index (χ0v) is 26.8. The Labute approximate surface area is 276 Å². The van der Waals surface area contributed by atoms with Crippen molar-refractivity contribution in [1.82, 2.24) is 14.5 Å².